The van der Waals surface area contributed by atoms with Crippen molar-refractivity contribution in [3.8, 4) is 6.07 Å². The van der Waals surface area contributed by atoms with Gasteiger partial charge in [0.25, 0.3) is 0 Å². The molecule has 2 nitrogen and oxygen atoms in total. The summed E-state index contributed by atoms with van der Waals surface area (Å²) in [5.74, 6) is 0. The number of hydrogen-bond donors (Lipinski definition) is 1. The Morgan fingerprint density at radius 1 is 1.11 bits per heavy atom. The predicted molar refractivity (Wildman–Crippen MR) is 79.6 cm³/mol. The molecule has 1 unspecified atom stereocenters. The Hall–Kier alpha value is -1.69. The third kappa shape index (κ3) is 3.01. The van der Waals surface area contributed by atoms with E-state index in [1.807, 2.05) is 31.2 Å². The molecule has 19 heavy (non-hydrogen) atoms. The van der Waals surface area contributed by atoms with Crippen LogP contribution in [-0.2, 0) is 0 Å². The van der Waals surface area contributed by atoms with Crippen molar-refractivity contribution in [1.82, 2.24) is 0 Å². The summed E-state index contributed by atoms with van der Waals surface area (Å²) in [5.41, 5.74) is 2.66. The maximum atomic E-state index is 9.33. The van der Waals surface area contributed by atoms with Gasteiger partial charge >= 0.3 is 0 Å². The number of nitrogens with one attached hydrogen (secondary N) is 1. The number of nitriles is 1. The second-order valence-electron chi connectivity index (χ2n) is 4.16. The summed E-state index contributed by atoms with van der Waals surface area (Å²) in [6, 6.07) is 14.7. The summed E-state index contributed by atoms with van der Waals surface area (Å²) >= 11 is 12.1. The summed E-state index contributed by atoms with van der Waals surface area (Å²) < 4.78 is 0. The zero-order valence-corrected chi connectivity index (χ0v) is 11.8. The van der Waals surface area contributed by atoms with Crippen molar-refractivity contribution in [3.63, 3.8) is 0 Å². The Bertz CT molecular complexity index is 632. The van der Waals surface area contributed by atoms with Gasteiger partial charge in [0.1, 0.15) is 6.04 Å². The molecule has 0 aromatic heterocycles. The molecule has 1 atom stereocenters. The average Bonchev–Trinajstić information content (AvgIpc) is 2.41. The number of benzene rings is 2. The third-order valence-corrected chi connectivity index (χ3v) is 3.70. The van der Waals surface area contributed by atoms with E-state index in [1.54, 1.807) is 18.2 Å². The maximum Gasteiger partial charge on any atom is 0.141 e. The Labute approximate surface area is 122 Å². The molecule has 0 saturated heterocycles. The highest BCUT2D eigenvalue weighted by molar-refractivity contribution is 6.42. The molecule has 96 valence electrons. The van der Waals surface area contributed by atoms with Gasteiger partial charge in [0.05, 0.1) is 16.1 Å². The highest BCUT2D eigenvalue weighted by Crippen LogP contribution is 2.31. The minimum Gasteiger partial charge on any atom is -0.366 e. The lowest BCUT2D eigenvalue weighted by atomic mass is 10.1. The summed E-state index contributed by atoms with van der Waals surface area (Å²) in [6.45, 7) is 1.98. The van der Waals surface area contributed by atoms with Gasteiger partial charge in [0.2, 0.25) is 0 Å². The fourth-order valence-corrected chi connectivity index (χ4v) is 2.23. The summed E-state index contributed by atoms with van der Waals surface area (Å²) in [5, 5.41) is 13.4. The van der Waals surface area contributed by atoms with Gasteiger partial charge in [-0.1, -0.05) is 53.5 Å². The fourth-order valence-electron chi connectivity index (χ4n) is 1.81. The maximum absolute atomic E-state index is 9.33. The topological polar surface area (TPSA) is 35.8 Å². The van der Waals surface area contributed by atoms with Crippen LogP contribution in [0, 0.1) is 18.3 Å². The summed E-state index contributed by atoms with van der Waals surface area (Å²) in [6.07, 6.45) is 0. The first-order valence-electron chi connectivity index (χ1n) is 5.79. The van der Waals surface area contributed by atoms with E-state index in [-0.39, 0.29) is 0 Å². The summed E-state index contributed by atoms with van der Waals surface area (Å²) in [7, 11) is 0. The van der Waals surface area contributed by atoms with Crippen molar-refractivity contribution < 1.29 is 0 Å². The van der Waals surface area contributed by atoms with Crippen LogP contribution in [0.4, 0.5) is 5.69 Å². The molecule has 0 spiro atoms. The molecule has 4 heteroatoms. The number of aryl methyl sites for hydroxylation is 1. The van der Waals surface area contributed by atoms with Crippen molar-refractivity contribution in [3.05, 3.63) is 63.6 Å². The first-order chi connectivity index (χ1) is 9.13. The number of anilines is 1. The molecule has 0 heterocycles. The van der Waals surface area contributed by atoms with Crippen LogP contribution in [0.2, 0.25) is 10.0 Å². The standard InChI is InChI=1S/C15H12Cl2N2/c1-10-5-2-3-8-13(10)19-14(9-18)11-6-4-7-12(16)15(11)17/h2-8,14,19H,1H3. The molecule has 2 aromatic carbocycles. The fraction of sp³-hybridized carbons (Fsp3) is 0.133. The molecule has 0 aliphatic carbocycles. The monoisotopic (exact) mass is 290 g/mol. The molecule has 0 bridgehead atoms. The van der Waals surface area contributed by atoms with E-state index in [9.17, 15) is 5.26 Å². The van der Waals surface area contributed by atoms with Crippen LogP contribution >= 0.6 is 23.2 Å². The van der Waals surface area contributed by atoms with E-state index in [0.717, 1.165) is 11.3 Å². The average molecular weight is 291 g/mol. The molecule has 0 aliphatic rings. The minimum absolute atomic E-state index is 0.414. The summed E-state index contributed by atoms with van der Waals surface area (Å²) in [4.78, 5) is 0. The van der Waals surface area contributed by atoms with E-state index in [2.05, 4.69) is 11.4 Å². The smallest absolute Gasteiger partial charge is 0.141 e. The minimum atomic E-state index is -0.535. The lowest BCUT2D eigenvalue weighted by Crippen LogP contribution is -2.10. The number of halogens is 2. The van der Waals surface area contributed by atoms with E-state index in [0.29, 0.717) is 15.6 Å². The quantitative estimate of drug-likeness (QED) is 0.865. The molecule has 0 saturated carbocycles. The van der Waals surface area contributed by atoms with Crippen LogP contribution in [0.5, 0.6) is 0 Å². The Kier molecular flexibility index (Phi) is 4.31. The Morgan fingerprint density at radius 3 is 2.53 bits per heavy atom. The largest absolute Gasteiger partial charge is 0.366 e. The van der Waals surface area contributed by atoms with E-state index in [1.165, 1.54) is 0 Å². The molecular formula is C15H12Cl2N2. The lowest BCUT2D eigenvalue weighted by molar-refractivity contribution is 0.994. The van der Waals surface area contributed by atoms with Crippen LogP contribution in [-0.4, -0.2) is 0 Å². The predicted octanol–water partition coefficient (Wildman–Crippen LogP) is 4.98. The number of hydrogen-bond acceptors (Lipinski definition) is 2. The van der Waals surface area contributed by atoms with Gasteiger partial charge in [0, 0.05) is 11.3 Å². The lowest BCUT2D eigenvalue weighted by Gasteiger charge is -2.16. The second-order valence-corrected chi connectivity index (χ2v) is 4.95. The van der Waals surface area contributed by atoms with Crippen molar-refractivity contribution in [2.24, 2.45) is 0 Å². The number of para-hydroxylation sites is 1. The number of rotatable bonds is 3. The highest BCUT2D eigenvalue weighted by Gasteiger charge is 2.16. The molecule has 0 fully saturated rings. The van der Waals surface area contributed by atoms with Gasteiger partial charge in [-0.05, 0) is 24.6 Å². The van der Waals surface area contributed by atoms with E-state index < -0.39 is 6.04 Å². The zero-order valence-electron chi connectivity index (χ0n) is 10.3. The first-order valence-corrected chi connectivity index (χ1v) is 6.54. The van der Waals surface area contributed by atoms with Crippen LogP contribution in [0.3, 0.4) is 0 Å². The van der Waals surface area contributed by atoms with Gasteiger partial charge in [0.15, 0.2) is 0 Å². The molecule has 2 aromatic rings. The van der Waals surface area contributed by atoms with Crippen molar-refractivity contribution in [2.45, 2.75) is 13.0 Å². The van der Waals surface area contributed by atoms with Crippen LogP contribution in [0.1, 0.15) is 17.2 Å². The highest BCUT2D eigenvalue weighted by atomic mass is 35.5. The van der Waals surface area contributed by atoms with Gasteiger partial charge < -0.3 is 5.32 Å². The van der Waals surface area contributed by atoms with Gasteiger partial charge in [-0.15, -0.1) is 0 Å². The van der Waals surface area contributed by atoms with Crippen molar-refractivity contribution >= 4 is 28.9 Å². The Balaban J connectivity index is 2.34. The Morgan fingerprint density at radius 2 is 1.84 bits per heavy atom. The van der Waals surface area contributed by atoms with Crippen LogP contribution in [0.15, 0.2) is 42.5 Å². The van der Waals surface area contributed by atoms with Crippen molar-refractivity contribution in [1.29, 1.82) is 5.26 Å². The van der Waals surface area contributed by atoms with Crippen molar-refractivity contribution in [2.75, 3.05) is 5.32 Å². The molecule has 1 N–H and O–H groups in total. The molecule has 2 rings (SSSR count). The second kappa shape index (κ2) is 5.97. The first kappa shape index (κ1) is 13.7. The van der Waals surface area contributed by atoms with E-state index in [4.69, 9.17) is 23.2 Å². The zero-order chi connectivity index (χ0) is 13.8. The molecule has 0 radical (unpaired) electrons. The van der Waals surface area contributed by atoms with Crippen LogP contribution in [0.25, 0.3) is 0 Å². The SMILES string of the molecule is Cc1ccccc1NC(C#N)c1cccc(Cl)c1Cl. The molecule has 0 amide bonds. The molecular weight excluding hydrogens is 279 g/mol. The number of nitrogens with zero attached hydrogens (tertiary/aromatic N) is 1. The normalized spacial score (nSPS) is 11.7. The van der Waals surface area contributed by atoms with Gasteiger partial charge in [-0.25, -0.2) is 0 Å². The van der Waals surface area contributed by atoms with Gasteiger partial charge in [-0.2, -0.15) is 5.26 Å². The van der Waals surface area contributed by atoms with Gasteiger partial charge in [-0.3, -0.25) is 0 Å². The van der Waals surface area contributed by atoms with Crippen LogP contribution < -0.4 is 5.32 Å². The molecule has 0 aliphatic heterocycles. The van der Waals surface area contributed by atoms with E-state index >= 15 is 0 Å². The third-order valence-electron chi connectivity index (χ3n) is 2.87.